The normalized spacial score (nSPS) is 22.9. The summed E-state index contributed by atoms with van der Waals surface area (Å²) < 4.78 is 0. The summed E-state index contributed by atoms with van der Waals surface area (Å²) >= 11 is 5.15. The summed E-state index contributed by atoms with van der Waals surface area (Å²) in [5.74, 6) is 0. The average Bonchev–Trinajstić information content (AvgIpc) is 2.31. The fourth-order valence-electron chi connectivity index (χ4n) is 2.91. The number of piperidine rings is 1. The number of rotatable bonds is 5. The molecule has 1 unspecified atom stereocenters. The number of hydrogen-bond donors (Lipinski definition) is 1. The zero-order chi connectivity index (χ0) is 12.2. The molecule has 2 N–H and O–H groups in total. The lowest BCUT2D eigenvalue weighted by molar-refractivity contribution is 0.0827. The van der Waals surface area contributed by atoms with Gasteiger partial charge in [0.05, 0.1) is 11.0 Å². The van der Waals surface area contributed by atoms with Crippen LogP contribution in [0.2, 0.25) is 0 Å². The lowest BCUT2D eigenvalue weighted by Gasteiger charge is -2.43. The maximum atomic E-state index is 5.80. The molecule has 0 radical (unpaired) electrons. The molecule has 1 fully saturated rings. The first kappa shape index (κ1) is 13.9. The van der Waals surface area contributed by atoms with Crippen molar-refractivity contribution in [3.63, 3.8) is 0 Å². The van der Waals surface area contributed by atoms with E-state index in [1.165, 1.54) is 25.7 Å². The predicted octanol–water partition coefficient (Wildman–Crippen LogP) is 2.95. The van der Waals surface area contributed by atoms with Gasteiger partial charge >= 0.3 is 0 Å². The fourth-order valence-corrected chi connectivity index (χ4v) is 3.22. The van der Waals surface area contributed by atoms with Crippen molar-refractivity contribution in [2.45, 2.75) is 58.9 Å². The van der Waals surface area contributed by atoms with Gasteiger partial charge in [-0.05, 0) is 37.8 Å². The average molecular weight is 242 g/mol. The molecule has 3 heteroatoms. The van der Waals surface area contributed by atoms with E-state index in [-0.39, 0.29) is 0 Å². The van der Waals surface area contributed by atoms with E-state index in [0.717, 1.165) is 19.5 Å². The molecule has 0 aromatic carbocycles. The third-order valence-corrected chi connectivity index (χ3v) is 4.79. The van der Waals surface area contributed by atoms with Crippen LogP contribution in [0.3, 0.4) is 0 Å². The Morgan fingerprint density at radius 1 is 1.25 bits per heavy atom. The molecule has 1 atom stereocenters. The lowest BCUT2D eigenvalue weighted by atomic mass is 9.74. The molecule has 0 aromatic heterocycles. The van der Waals surface area contributed by atoms with Gasteiger partial charge in [0.15, 0.2) is 0 Å². The quantitative estimate of drug-likeness (QED) is 0.752. The highest BCUT2D eigenvalue weighted by Gasteiger charge is 2.33. The molecule has 1 rings (SSSR count). The predicted molar refractivity (Wildman–Crippen MR) is 74.7 cm³/mol. The minimum Gasteiger partial charge on any atom is -0.392 e. The van der Waals surface area contributed by atoms with Crippen molar-refractivity contribution in [3.05, 3.63) is 0 Å². The first-order chi connectivity index (χ1) is 7.58. The van der Waals surface area contributed by atoms with E-state index in [4.69, 9.17) is 18.0 Å². The third-order valence-electron chi connectivity index (χ3n) is 4.51. The molecule has 2 nitrogen and oxygen atoms in total. The van der Waals surface area contributed by atoms with Gasteiger partial charge < -0.3 is 5.73 Å². The number of thiocarbonyl (C=S) groups is 1. The summed E-state index contributed by atoms with van der Waals surface area (Å²) in [6.07, 6.45) is 6.27. The van der Waals surface area contributed by atoms with E-state index in [1.54, 1.807) is 0 Å². The Morgan fingerprint density at radius 2 is 1.75 bits per heavy atom. The number of nitrogens with two attached hydrogens (primary N) is 1. The second kappa shape index (κ2) is 5.97. The summed E-state index contributed by atoms with van der Waals surface area (Å²) in [4.78, 5) is 3.15. The van der Waals surface area contributed by atoms with E-state index in [2.05, 4.69) is 25.7 Å². The van der Waals surface area contributed by atoms with Crippen molar-refractivity contribution < 1.29 is 0 Å². The molecule has 1 heterocycles. The van der Waals surface area contributed by atoms with Crippen LogP contribution in [0.5, 0.6) is 0 Å². The molecule has 0 saturated carbocycles. The van der Waals surface area contributed by atoms with Crippen molar-refractivity contribution in [2.75, 3.05) is 13.1 Å². The molecule has 0 aromatic rings. The van der Waals surface area contributed by atoms with Gasteiger partial charge in [0, 0.05) is 0 Å². The summed E-state index contributed by atoms with van der Waals surface area (Å²) in [5.41, 5.74) is 6.39. The zero-order valence-corrected chi connectivity index (χ0v) is 11.8. The molecule has 1 saturated heterocycles. The molecule has 94 valence electrons. The van der Waals surface area contributed by atoms with Crippen LogP contribution in [0.15, 0.2) is 0 Å². The molecule has 0 spiro atoms. The zero-order valence-electron chi connectivity index (χ0n) is 11.0. The van der Waals surface area contributed by atoms with E-state index in [0.29, 0.717) is 16.4 Å². The van der Waals surface area contributed by atoms with Crippen molar-refractivity contribution in [2.24, 2.45) is 11.1 Å². The highest BCUT2D eigenvalue weighted by Crippen LogP contribution is 2.38. The van der Waals surface area contributed by atoms with Crippen LogP contribution in [0.4, 0.5) is 0 Å². The molecule has 0 aliphatic carbocycles. The highest BCUT2D eigenvalue weighted by atomic mass is 32.1. The van der Waals surface area contributed by atoms with Crippen LogP contribution in [0, 0.1) is 5.41 Å². The van der Waals surface area contributed by atoms with Gasteiger partial charge in [-0.3, -0.25) is 4.90 Å². The summed E-state index contributed by atoms with van der Waals surface area (Å²) in [5, 5.41) is 0. The first-order valence-electron chi connectivity index (χ1n) is 6.62. The lowest BCUT2D eigenvalue weighted by Crippen LogP contribution is -2.49. The van der Waals surface area contributed by atoms with Gasteiger partial charge in [0.1, 0.15) is 0 Å². The molecule has 16 heavy (non-hydrogen) atoms. The van der Waals surface area contributed by atoms with Crippen molar-refractivity contribution in [3.8, 4) is 0 Å². The molecule has 0 bridgehead atoms. The van der Waals surface area contributed by atoms with Gasteiger partial charge in [0.25, 0.3) is 0 Å². The first-order valence-corrected chi connectivity index (χ1v) is 7.02. The largest absolute Gasteiger partial charge is 0.392 e. The number of nitrogens with zero attached hydrogens (tertiary/aromatic N) is 1. The number of likely N-dealkylation sites (tertiary alicyclic amines) is 1. The van der Waals surface area contributed by atoms with Crippen LogP contribution < -0.4 is 5.73 Å². The Bertz CT molecular complexity index is 226. The van der Waals surface area contributed by atoms with Gasteiger partial charge in [-0.1, -0.05) is 45.8 Å². The smallest absolute Gasteiger partial charge is 0.0901 e. The Hall–Kier alpha value is -0.150. The van der Waals surface area contributed by atoms with E-state index >= 15 is 0 Å². The van der Waals surface area contributed by atoms with Crippen LogP contribution in [0.25, 0.3) is 0 Å². The molecular weight excluding hydrogens is 216 g/mol. The topological polar surface area (TPSA) is 29.3 Å². The molecular formula is C13H26N2S. The van der Waals surface area contributed by atoms with E-state index in [1.807, 2.05) is 0 Å². The van der Waals surface area contributed by atoms with Gasteiger partial charge in [0.2, 0.25) is 0 Å². The molecule has 1 aliphatic rings. The third kappa shape index (κ3) is 2.95. The van der Waals surface area contributed by atoms with Gasteiger partial charge in [-0.2, -0.15) is 0 Å². The summed E-state index contributed by atoms with van der Waals surface area (Å²) in [7, 11) is 0. The second-order valence-electron chi connectivity index (χ2n) is 5.07. The standard InChI is InChI=1S/C13H26N2S/c1-4-11(12(14)16)15-9-7-13(5-2,6-3)8-10-15/h11H,4-10H2,1-3H3,(H2,14,16). The minimum atomic E-state index is 0.321. The Balaban J connectivity index is 2.56. The summed E-state index contributed by atoms with van der Waals surface area (Å²) in [6, 6.07) is 0.321. The maximum absolute atomic E-state index is 5.80. The molecule has 1 aliphatic heterocycles. The summed E-state index contributed by atoms with van der Waals surface area (Å²) in [6.45, 7) is 9.15. The van der Waals surface area contributed by atoms with Crippen LogP contribution in [-0.2, 0) is 0 Å². The van der Waals surface area contributed by atoms with Crippen molar-refractivity contribution in [1.82, 2.24) is 4.90 Å². The number of hydrogen-bond acceptors (Lipinski definition) is 2. The highest BCUT2D eigenvalue weighted by molar-refractivity contribution is 7.80. The van der Waals surface area contributed by atoms with Gasteiger partial charge in [-0.25, -0.2) is 0 Å². The van der Waals surface area contributed by atoms with E-state index in [9.17, 15) is 0 Å². The molecule has 0 amide bonds. The van der Waals surface area contributed by atoms with Crippen molar-refractivity contribution >= 4 is 17.2 Å². The Labute approximate surface area is 106 Å². The second-order valence-corrected chi connectivity index (χ2v) is 5.54. The SMILES string of the molecule is CCC(C(N)=S)N1CCC(CC)(CC)CC1. The van der Waals surface area contributed by atoms with E-state index < -0.39 is 0 Å². The van der Waals surface area contributed by atoms with Crippen LogP contribution in [0.1, 0.15) is 52.9 Å². The van der Waals surface area contributed by atoms with Crippen LogP contribution >= 0.6 is 12.2 Å². The Kier molecular flexibility index (Phi) is 5.19. The van der Waals surface area contributed by atoms with Crippen molar-refractivity contribution in [1.29, 1.82) is 0 Å². The Morgan fingerprint density at radius 3 is 2.06 bits per heavy atom. The monoisotopic (exact) mass is 242 g/mol. The fraction of sp³-hybridized carbons (Fsp3) is 0.923. The van der Waals surface area contributed by atoms with Crippen LogP contribution in [-0.4, -0.2) is 29.0 Å². The maximum Gasteiger partial charge on any atom is 0.0901 e. The minimum absolute atomic E-state index is 0.321. The van der Waals surface area contributed by atoms with Gasteiger partial charge in [-0.15, -0.1) is 0 Å².